The zero-order chi connectivity index (χ0) is 16.9. The molecule has 0 aromatic carbocycles. The Bertz CT molecular complexity index is 756. The number of hydrogen-bond donors (Lipinski definition) is 2. The Labute approximate surface area is 167 Å². The van der Waals surface area contributed by atoms with Crippen molar-refractivity contribution in [3.63, 3.8) is 0 Å². The van der Waals surface area contributed by atoms with Crippen LogP contribution < -0.4 is 10.6 Å². The van der Waals surface area contributed by atoms with Gasteiger partial charge in [0.15, 0.2) is 0 Å². The molecule has 7 heteroatoms. The van der Waals surface area contributed by atoms with E-state index < -0.39 is 0 Å². The molecule has 0 unspecified atom stereocenters. The van der Waals surface area contributed by atoms with Crippen LogP contribution in [0.1, 0.15) is 33.9 Å². The number of pyridine rings is 1. The first-order valence-electron chi connectivity index (χ1n) is 8.38. The van der Waals surface area contributed by atoms with Crippen LogP contribution in [0.5, 0.6) is 0 Å². The highest BCUT2D eigenvalue weighted by Crippen LogP contribution is 2.17. The summed E-state index contributed by atoms with van der Waals surface area (Å²) in [7, 11) is 0. The maximum atomic E-state index is 12.5. The molecule has 3 heterocycles. The number of carbonyl (C=O) groups excluding carboxylic acids is 1. The van der Waals surface area contributed by atoms with Crippen molar-refractivity contribution in [3.8, 4) is 0 Å². The summed E-state index contributed by atoms with van der Waals surface area (Å²) in [6.07, 6.45) is 4.96. The molecular formula is C19H26Cl2N4O. The summed E-state index contributed by atoms with van der Waals surface area (Å²) in [4.78, 5) is 16.9. The monoisotopic (exact) mass is 396 g/mol. The van der Waals surface area contributed by atoms with Crippen LogP contribution in [0.25, 0.3) is 0 Å². The van der Waals surface area contributed by atoms with Crippen molar-refractivity contribution in [2.24, 2.45) is 0 Å². The van der Waals surface area contributed by atoms with Gasteiger partial charge in [-0.1, -0.05) is 17.7 Å². The Morgan fingerprint density at radius 2 is 2.12 bits per heavy atom. The molecule has 0 spiro atoms. The average Bonchev–Trinajstić information content (AvgIpc) is 2.90. The number of rotatable bonds is 5. The van der Waals surface area contributed by atoms with Crippen molar-refractivity contribution in [3.05, 3.63) is 64.8 Å². The predicted molar refractivity (Wildman–Crippen MR) is 110 cm³/mol. The van der Waals surface area contributed by atoms with E-state index in [0.29, 0.717) is 13.1 Å². The molecule has 0 saturated carbocycles. The van der Waals surface area contributed by atoms with Crippen LogP contribution in [0.15, 0.2) is 42.1 Å². The van der Waals surface area contributed by atoms with E-state index in [-0.39, 0.29) is 30.7 Å². The summed E-state index contributed by atoms with van der Waals surface area (Å²) < 4.78 is 2.14. The van der Waals surface area contributed by atoms with Crippen molar-refractivity contribution in [2.45, 2.75) is 26.8 Å². The number of carbonyl (C=O) groups is 1. The smallest absolute Gasteiger partial charge is 0.253 e. The van der Waals surface area contributed by atoms with E-state index in [1.807, 2.05) is 38.1 Å². The lowest BCUT2D eigenvalue weighted by Gasteiger charge is -2.14. The fourth-order valence-corrected chi connectivity index (χ4v) is 3.05. The molecule has 3 rings (SSSR count). The van der Waals surface area contributed by atoms with Gasteiger partial charge >= 0.3 is 0 Å². The number of amides is 1. The van der Waals surface area contributed by atoms with E-state index in [1.165, 1.54) is 5.57 Å². The van der Waals surface area contributed by atoms with Crippen LogP contribution in [0.2, 0.25) is 0 Å². The quantitative estimate of drug-likeness (QED) is 0.763. The summed E-state index contributed by atoms with van der Waals surface area (Å²) in [5.41, 5.74) is 5.09. The lowest BCUT2D eigenvalue weighted by atomic mass is 10.1. The molecule has 0 bridgehead atoms. The Morgan fingerprint density at radius 3 is 2.77 bits per heavy atom. The molecule has 1 aliphatic rings. The Kier molecular flexibility index (Phi) is 8.85. The first kappa shape index (κ1) is 22.2. The van der Waals surface area contributed by atoms with E-state index >= 15 is 0 Å². The number of hydrogen-bond acceptors (Lipinski definition) is 3. The molecule has 2 aromatic heterocycles. The van der Waals surface area contributed by atoms with Crippen LogP contribution in [-0.2, 0) is 6.54 Å². The van der Waals surface area contributed by atoms with E-state index in [0.717, 1.165) is 42.2 Å². The lowest BCUT2D eigenvalue weighted by Crippen LogP contribution is -2.29. The highest BCUT2D eigenvalue weighted by atomic mass is 35.5. The van der Waals surface area contributed by atoms with Gasteiger partial charge in [-0.15, -0.1) is 24.8 Å². The van der Waals surface area contributed by atoms with Gasteiger partial charge in [0.1, 0.15) is 0 Å². The van der Waals surface area contributed by atoms with Gasteiger partial charge < -0.3 is 15.2 Å². The van der Waals surface area contributed by atoms with E-state index in [1.54, 1.807) is 6.20 Å². The van der Waals surface area contributed by atoms with Crippen molar-refractivity contribution < 1.29 is 4.79 Å². The number of aryl methyl sites for hydroxylation is 1. The first-order valence-corrected chi connectivity index (χ1v) is 8.38. The number of nitrogens with zero attached hydrogens (tertiary/aromatic N) is 2. The van der Waals surface area contributed by atoms with Crippen molar-refractivity contribution in [2.75, 3.05) is 19.6 Å². The van der Waals surface area contributed by atoms with Crippen molar-refractivity contribution in [1.82, 2.24) is 20.2 Å². The molecule has 0 fully saturated rings. The van der Waals surface area contributed by atoms with Crippen LogP contribution >= 0.6 is 24.8 Å². The molecule has 0 saturated heterocycles. The normalized spacial score (nSPS) is 13.2. The summed E-state index contributed by atoms with van der Waals surface area (Å²) in [6.45, 7) is 7.22. The molecule has 2 aromatic rings. The van der Waals surface area contributed by atoms with Gasteiger partial charge in [-0.05, 0) is 45.0 Å². The molecule has 0 atom stereocenters. The molecule has 5 nitrogen and oxygen atoms in total. The van der Waals surface area contributed by atoms with Gasteiger partial charge in [0, 0.05) is 30.7 Å². The number of halogens is 2. The Hall–Kier alpha value is -1.82. The molecule has 1 aliphatic heterocycles. The minimum atomic E-state index is -0.00481. The van der Waals surface area contributed by atoms with Crippen LogP contribution in [0.4, 0.5) is 0 Å². The van der Waals surface area contributed by atoms with Gasteiger partial charge in [-0.2, -0.15) is 0 Å². The minimum Gasteiger partial charge on any atom is -0.348 e. The molecule has 0 radical (unpaired) electrons. The zero-order valence-electron chi connectivity index (χ0n) is 15.1. The molecule has 0 aliphatic carbocycles. The van der Waals surface area contributed by atoms with Crippen molar-refractivity contribution in [1.29, 1.82) is 0 Å². The van der Waals surface area contributed by atoms with E-state index in [4.69, 9.17) is 0 Å². The highest BCUT2D eigenvalue weighted by Gasteiger charge is 2.16. The largest absolute Gasteiger partial charge is 0.348 e. The molecule has 142 valence electrons. The standard InChI is InChI=1S/C19H24N4O.2ClH/c1-14-11-18(19(24)22-12-16-6-9-20-10-7-16)15(2)23(14)13-17-5-3-4-8-21-17;;/h3-6,8,11,20H,7,9-10,12-13H2,1-2H3,(H,22,24);2*1H. The van der Waals surface area contributed by atoms with Gasteiger partial charge in [0.2, 0.25) is 0 Å². The van der Waals surface area contributed by atoms with Gasteiger partial charge in [-0.3, -0.25) is 9.78 Å². The van der Waals surface area contributed by atoms with Crippen LogP contribution in [-0.4, -0.2) is 35.1 Å². The van der Waals surface area contributed by atoms with Gasteiger partial charge in [0.05, 0.1) is 17.8 Å². The Morgan fingerprint density at radius 1 is 1.31 bits per heavy atom. The van der Waals surface area contributed by atoms with Crippen molar-refractivity contribution >= 4 is 30.7 Å². The van der Waals surface area contributed by atoms with Gasteiger partial charge in [-0.25, -0.2) is 0 Å². The fourth-order valence-electron chi connectivity index (χ4n) is 3.05. The summed E-state index contributed by atoms with van der Waals surface area (Å²) >= 11 is 0. The third-order valence-electron chi connectivity index (χ3n) is 4.50. The SMILES string of the molecule is Cc1cc(C(=O)NCC2=CCNCC2)c(C)n1Cc1ccccn1.Cl.Cl. The zero-order valence-corrected chi connectivity index (χ0v) is 16.8. The molecular weight excluding hydrogens is 371 g/mol. The Balaban J connectivity index is 0.00000169. The molecule has 1 amide bonds. The topological polar surface area (TPSA) is 59.0 Å². The lowest BCUT2D eigenvalue weighted by molar-refractivity contribution is 0.0956. The molecule has 26 heavy (non-hydrogen) atoms. The van der Waals surface area contributed by atoms with E-state index in [9.17, 15) is 4.79 Å². The maximum Gasteiger partial charge on any atom is 0.253 e. The minimum absolute atomic E-state index is 0. The second-order valence-electron chi connectivity index (χ2n) is 6.19. The van der Waals surface area contributed by atoms with Crippen LogP contribution in [0, 0.1) is 13.8 Å². The summed E-state index contributed by atoms with van der Waals surface area (Å²) in [5, 5.41) is 6.33. The summed E-state index contributed by atoms with van der Waals surface area (Å²) in [5.74, 6) is -0.00481. The van der Waals surface area contributed by atoms with Crippen LogP contribution in [0.3, 0.4) is 0 Å². The maximum absolute atomic E-state index is 12.5. The second-order valence-corrected chi connectivity index (χ2v) is 6.19. The number of aromatic nitrogens is 2. The van der Waals surface area contributed by atoms with E-state index in [2.05, 4.69) is 26.3 Å². The third-order valence-corrected chi connectivity index (χ3v) is 4.50. The highest BCUT2D eigenvalue weighted by molar-refractivity contribution is 5.95. The fraction of sp³-hybridized carbons (Fsp3) is 0.368. The number of nitrogens with one attached hydrogen (secondary N) is 2. The average molecular weight is 397 g/mol. The molecule has 2 N–H and O–H groups in total. The first-order chi connectivity index (χ1) is 11.6. The second kappa shape index (κ2) is 10.4. The third kappa shape index (κ3) is 5.34. The van der Waals surface area contributed by atoms with Gasteiger partial charge in [0.25, 0.3) is 5.91 Å². The predicted octanol–water partition coefficient (Wildman–Crippen LogP) is 3.04. The summed E-state index contributed by atoms with van der Waals surface area (Å²) in [6, 6.07) is 7.86.